The van der Waals surface area contributed by atoms with E-state index in [1.54, 1.807) is 6.07 Å². The van der Waals surface area contributed by atoms with Crippen LogP contribution in [0.5, 0.6) is 5.75 Å². The van der Waals surface area contributed by atoms with Crippen LogP contribution in [0.25, 0.3) is 22.3 Å². The van der Waals surface area contributed by atoms with E-state index in [0.717, 1.165) is 38.4 Å². The smallest absolute Gasteiger partial charge is 0.419 e. The van der Waals surface area contributed by atoms with Crippen LogP contribution in [0, 0.1) is 17.2 Å². The number of aromatic nitrogens is 3. The number of nitrogens with one attached hydrogen (secondary N) is 2. The molecule has 6 nitrogen and oxygen atoms in total. The number of nitriles is 1. The maximum atomic E-state index is 13.7. The highest BCUT2D eigenvalue weighted by Crippen LogP contribution is 2.39. The quantitative estimate of drug-likeness (QED) is 0.649. The number of fused-ring (bicyclic) bond motifs is 1. The van der Waals surface area contributed by atoms with Crippen LogP contribution in [-0.4, -0.2) is 34.6 Å². The van der Waals surface area contributed by atoms with Crippen molar-refractivity contribution < 1.29 is 17.9 Å². The summed E-state index contributed by atoms with van der Waals surface area (Å²) >= 11 is 0. The van der Waals surface area contributed by atoms with Crippen molar-refractivity contribution in [1.82, 2.24) is 20.3 Å². The Morgan fingerprint density at radius 3 is 2.73 bits per heavy atom. The minimum Gasteiger partial charge on any atom is -0.493 e. The van der Waals surface area contributed by atoms with Gasteiger partial charge in [0, 0.05) is 5.56 Å². The van der Waals surface area contributed by atoms with Crippen LogP contribution in [0.1, 0.15) is 30.5 Å². The van der Waals surface area contributed by atoms with Gasteiger partial charge in [-0.3, -0.25) is 0 Å². The highest BCUT2D eigenvalue weighted by molar-refractivity contribution is 5.83. The Hall–Kier alpha value is -3.12. The number of alkyl halides is 3. The molecule has 1 aromatic carbocycles. The van der Waals surface area contributed by atoms with Gasteiger partial charge in [0.2, 0.25) is 0 Å². The van der Waals surface area contributed by atoms with Crippen LogP contribution in [-0.2, 0) is 6.18 Å². The average molecular weight is 415 g/mol. The fourth-order valence-corrected chi connectivity index (χ4v) is 3.71. The Morgan fingerprint density at radius 2 is 2.00 bits per heavy atom. The number of aromatic amines is 1. The third-order valence-electron chi connectivity index (χ3n) is 5.34. The van der Waals surface area contributed by atoms with Gasteiger partial charge in [0.25, 0.3) is 0 Å². The van der Waals surface area contributed by atoms with Crippen molar-refractivity contribution in [3.05, 3.63) is 41.9 Å². The van der Waals surface area contributed by atoms with Crippen LogP contribution in [0.4, 0.5) is 13.2 Å². The summed E-state index contributed by atoms with van der Waals surface area (Å²) in [5, 5.41) is 12.6. The Bertz CT molecular complexity index is 1080. The average Bonchev–Trinajstić information content (AvgIpc) is 3.22. The van der Waals surface area contributed by atoms with Crippen molar-refractivity contribution in [3.63, 3.8) is 0 Å². The van der Waals surface area contributed by atoms with E-state index >= 15 is 0 Å². The molecule has 3 heterocycles. The van der Waals surface area contributed by atoms with Crippen molar-refractivity contribution in [2.75, 3.05) is 19.7 Å². The number of halogens is 3. The number of nitrogens with zero attached hydrogens (tertiary/aromatic N) is 3. The lowest BCUT2D eigenvalue weighted by Crippen LogP contribution is -2.28. The summed E-state index contributed by atoms with van der Waals surface area (Å²) in [6.45, 7) is 2.11. The van der Waals surface area contributed by atoms with Gasteiger partial charge in [-0.2, -0.15) is 18.4 Å². The molecule has 0 unspecified atom stereocenters. The number of ether oxygens (including phenoxy) is 1. The van der Waals surface area contributed by atoms with Crippen molar-refractivity contribution in [3.8, 4) is 23.1 Å². The molecule has 0 aliphatic carbocycles. The predicted molar refractivity (Wildman–Crippen MR) is 105 cm³/mol. The normalized spacial score (nSPS) is 15.3. The summed E-state index contributed by atoms with van der Waals surface area (Å²) in [6.07, 6.45) is -0.410. The number of piperidine rings is 1. The van der Waals surface area contributed by atoms with Crippen molar-refractivity contribution in [2.24, 2.45) is 5.92 Å². The number of pyridine rings is 1. The second kappa shape index (κ2) is 8.32. The van der Waals surface area contributed by atoms with E-state index in [1.807, 2.05) is 6.07 Å². The third kappa shape index (κ3) is 4.24. The van der Waals surface area contributed by atoms with E-state index in [0.29, 0.717) is 17.0 Å². The van der Waals surface area contributed by atoms with Crippen molar-refractivity contribution in [2.45, 2.75) is 25.4 Å². The number of H-pyrrole nitrogens is 1. The molecule has 156 valence electrons. The van der Waals surface area contributed by atoms with Gasteiger partial charge >= 0.3 is 6.18 Å². The summed E-state index contributed by atoms with van der Waals surface area (Å²) in [6, 6.07) is 7.39. The van der Waals surface area contributed by atoms with Gasteiger partial charge in [-0.15, -0.1) is 0 Å². The molecular formula is C21H20F3N5O. The largest absolute Gasteiger partial charge is 0.493 e. The van der Waals surface area contributed by atoms with E-state index in [-0.39, 0.29) is 29.3 Å². The van der Waals surface area contributed by atoms with Gasteiger partial charge < -0.3 is 15.0 Å². The summed E-state index contributed by atoms with van der Waals surface area (Å²) in [5.74, 6) is 0.276. The summed E-state index contributed by atoms with van der Waals surface area (Å²) in [4.78, 5) is 11.1. The highest BCUT2D eigenvalue weighted by Gasteiger charge is 2.35. The molecular weight excluding hydrogens is 395 g/mol. The number of imidazole rings is 1. The lowest BCUT2D eigenvalue weighted by molar-refractivity contribution is -0.138. The molecule has 2 N–H and O–H groups in total. The molecule has 1 aliphatic heterocycles. The number of hydrogen-bond donors (Lipinski definition) is 2. The Balaban J connectivity index is 1.61. The predicted octanol–water partition coefficient (Wildman–Crippen LogP) is 4.28. The van der Waals surface area contributed by atoms with Crippen LogP contribution in [0.2, 0.25) is 0 Å². The molecule has 9 heteroatoms. The maximum Gasteiger partial charge on any atom is 0.419 e. The lowest BCUT2D eigenvalue weighted by atomic mass is 9.95. The number of benzene rings is 1. The second-order valence-corrected chi connectivity index (χ2v) is 7.31. The Kier molecular flexibility index (Phi) is 5.59. The van der Waals surface area contributed by atoms with Crippen molar-refractivity contribution >= 4 is 11.0 Å². The van der Waals surface area contributed by atoms with E-state index < -0.39 is 11.7 Å². The first kappa shape index (κ1) is 20.2. The molecule has 0 radical (unpaired) electrons. The van der Waals surface area contributed by atoms with Gasteiger partial charge in [-0.1, -0.05) is 0 Å². The molecule has 0 bridgehead atoms. The number of rotatable bonds is 5. The van der Waals surface area contributed by atoms with Gasteiger partial charge in [-0.25, -0.2) is 9.97 Å². The van der Waals surface area contributed by atoms with Gasteiger partial charge in [0.1, 0.15) is 17.3 Å². The van der Waals surface area contributed by atoms with E-state index in [9.17, 15) is 18.4 Å². The maximum absolute atomic E-state index is 13.7. The first-order valence-corrected chi connectivity index (χ1v) is 9.75. The molecule has 3 aromatic rings. The molecule has 2 aromatic heterocycles. The zero-order valence-corrected chi connectivity index (χ0v) is 16.1. The molecule has 0 atom stereocenters. The highest BCUT2D eigenvalue weighted by atomic mass is 19.4. The molecule has 0 spiro atoms. The topological polar surface area (TPSA) is 86.6 Å². The Labute approximate surface area is 171 Å². The van der Waals surface area contributed by atoms with Gasteiger partial charge in [0.15, 0.2) is 5.69 Å². The van der Waals surface area contributed by atoms with Gasteiger partial charge in [-0.05, 0) is 62.5 Å². The van der Waals surface area contributed by atoms with E-state index in [1.165, 1.54) is 18.5 Å². The molecule has 4 rings (SSSR count). The van der Waals surface area contributed by atoms with Crippen LogP contribution < -0.4 is 10.1 Å². The van der Waals surface area contributed by atoms with Gasteiger partial charge in [0.05, 0.1) is 29.7 Å². The molecule has 1 saturated heterocycles. The second-order valence-electron chi connectivity index (χ2n) is 7.31. The molecule has 1 fully saturated rings. The summed E-state index contributed by atoms with van der Waals surface area (Å²) in [7, 11) is 0. The first-order valence-electron chi connectivity index (χ1n) is 9.75. The fourth-order valence-electron chi connectivity index (χ4n) is 3.71. The third-order valence-corrected chi connectivity index (χ3v) is 5.34. The monoisotopic (exact) mass is 415 g/mol. The van der Waals surface area contributed by atoms with E-state index in [2.05, 4.69) is 20.3 Å². The van der Waals surface area contributed by atoms with Crippen molar-refractivity contribution in [1.29, 1.82) is 5.26 Å². The zero-order valence-electron chi connectivity index (χ0n) is 16.1. The standard InChI is InChI=1S/C21H20F3N5O/c22-21(23,24)15-9-14(16-10-17-20(28-12-27-17)18(11-25)29-16)1-2-19(15)30-8-5-13-3-6-26-7-4-13/h1-2,9-10,12-13,26H,3-8H2,(H,27,28). The Morgan fingerprint density at radius 1 is 1.20 bits per heavy atom. The van der Waals surface area contributed by atoms with Crippen LogP contribution in [0.3, 0.4) is 0 Å². The zero-order chi connectivity index (χ0) is 21.1. The minimum atomic E-state index is -4.57. The minimum absolute atomic E-state index is 0.0552. The molecule has 0 amide bonds. The van der Waals surface area contributed by atoms with E-state index in [4.69, 9.17) is 4.74 Å². The lowest BCUT2D eigenvalue weighted by Gasteiger charge is -2.23. The van der Waals surface area contributed by atoms with Crippen LogP contribution >= 0.6 is 0 Å². The molecule has 0 saturated carbocycles. The summed E-state index contributed by atoms with van der Waals surface area (Å²) < 4.78 is 46.6. The first-order chi connectivity index (χ1) is 14.5. The molecule has 30 heavy (non-hydrogen) atoms. The fraction of sp³-hybridized carbons (Fsp3) is 0.381. The number of hydrogen-bond acceptors (Lipinski definition) is 5. The summed E-state index contributed by atoms with van der Waals surface area (Å²) in [5.41, 5.74) is 0.633. The SMILES string of the molecule is N#Cc1nc(-c2ccc(OCCC3CCNCC3)c(C(F)(F)F)c2)cc2[nH]cnc12. The molecule has 1 aliphatic rings. The van der Waals surface area contributed by atoms with Crippen LogP contribution in [0.15, 0.2) is 30.6 Å².